The largest absolute Gasteiger partial charge is 0.494 e. The van der Waals surface area contributed by atoms with Crippen LogP contribution in [0.3, 0.4) is 0 Å². The molecule has 15 heavy (non-hydrogen) atoms. The van der Waals surface area contributed by atoms with Crippen molar-refractivity contribution in [1.29, 1.82) is 0 Å². The van der Waals surface area contributed by atoms with Gasteiger partial charge in [0.2, 0.25) is 0 Å². The molecule has 0 spiro atoms. The summed E-state index contributed by atoms with van der Waals surface area (Å²) in [6.45, 7) is 4.80. The number of fused-ring (bicyclic) bond motifs is 1. The second-order valence-corrected chi connectivity index (χ2v) is 4.04. The van der Waals surface area contributed by atoms with E-state index in [0.29, 0.717) is 18.9 Å². The van der Waals surface area contributed by atoms with Crippen LogP contribution >= 0.6 is 0 Å². The van der Waals surface area contributed by atoms with E-state index in [1.165, 1.54) is 0 Å². The van der Waals surface area contributed by atoms with Gasteiger partial charge in [0.05, 0.1) is 6.61 Å². The van der Waals surface area contributed by atoms with Gasteiger partial charge in [0, 0.05) is 12.0 Å². The highest BCUT2D eigenvalue weighted by Crippen LogP contribution is 2.33. The Bertz CT molecular complexity index is 382. The quantitative estimate of drug-likeness (QED) is 0.739. The van der Waals surface area contributed by atoms with Crippen molar-refractivity contribution in [2.75, 3.05) is 6.61 Å². The fourth-order valence-corrected chi connectivity index (χ4v) is 2.10. The number of ketones is 1. The van der Waals surface area contributed by atoms with Crippen molar-refractivity contribution in [2.24, 2.45) is 0 Å². The van der Waals surface area contributed by atoms with Crippen LogP contribution in [-0.4, -0.2) is 12.4 Å². The molecule has 1 unspecified atom stereocenters. The number of benzene rings is 1. The minimum atomic E-state index is 0.270. The summed E-state index contributed by atoms with van der Waals surface area (Å²) in [6.07, 6.45) is 1.64. The van der Waals surface area contributed by atoms with Gasteiger partial charge in [-0.2, -0.15) is 0 Å². The molecule has 0 N–H and O–H groups in total. The summed E-state index contributed by atoms with van der Waals surface area (Å²) >= 11 is 0. The van der Waals surface area contributed by atoms with Crippen LogP contribution in [0.25, 0.3) is 0 Å². The van der Waals surface area contributed by atoms with Gasteiger partial charge in [-0.15, -0.1) is 0 Å². The molecular weight excluding hydrogens is 188 g/mol. The normalized spacial score (nSPS) is 19.9. The SMILES string of the molecule is CCOc1ccc2c(c1)C(C)CCC2=O. The number of rotatable bonds is 2. The van der Waals surface area contributed by atoms with Crippen LogP contribution in [0.15, 0.2) is 18.2 Å². The van der Waals surface area contributed by atoms with Gasteiger partial charge >= 0.3 is 0 Å². The molecule has 0 bridgehead atoms. The van der Waals surface area contributed by atoms with Gasteiger partial charge in [0.1, 0.15) is 5.75 Å². The third-order valence-electron chi connectivity index (χ3n) is 2.97. The van der Waals surface area contributed by atoms with Crippen LogP contribution in [0.5, 0.6) is 5.75 Å². The molecule has 0 saturated carbocycles. The molecule has 1 aromatic rings. The van der Waals surface area contributed by atoms with Crippen molar-refractivity contribution in [3.63, 3.8) is 0 Å². The topological polar surface area (TPSA) is 26.3 Å². The standard InChI is InChI=1S/C13H16O2/c1-3-15-10-5-6-11-12(8-10)9(2)4-7-13(11)14/h5-6,8-9H,3-4,7H2,1-2H3. The molecule has 0 fully saturated rings. The molecule has 0 aliphatic heterocycles. The highest BCUT2D eigenvalue weighted by atomic mass is 16.5. The predicted molar refractivity (Wildman–Crippen MR) is 59.6 cm³/mol. The zero-order valence-corrected chi connectivity index (χ0v) is 9.25. The molecule has 0 aromatic heterocycles. The van der Waals surface area contributed by atoms with Gasteiger partial charge in [-0.3, -0.25) is 4.79 Å². The van der Waals surface area contributed by atoms with E-state index in [9.17, 15) is 4.79 Å². The van der Waals surface area contributed by atoms with Gasteiger partial charge < -0.3 is 4.74 Å². The average molecular weight is 204 g/mol. The lowest BCUT2D eigenvalue weighted by Crippen LogP contribution is -2.13. The van der Waals surface area contributed by atoms with E-state index in [2.05, 4.69) is 6.92 Å². The first kappa shape index (κ1) is 10.2. The molecule has 2 rings (SSSR count). The number of hydrogen-bond donors (Lipinski definition) is 0. The highest BCUT2D eigenvalue weighted by molar-refractivity contribution is 5.98. The Balaban J connectivity index is 2.40. The summed E-state index contributed by atoms with van der Waals surface area (Å²) < 4.78 is 5.44. The molecule has 2 nitrogen and oxygen atoms in total. The van der Waals surface area contributed by atoms with E-state index >= 15 is 0 Å². The van der Waals surface area contributed by atoms with Crippen LogP contribution in [-0.2, 0) is 0 Å². The third kappa shape index (κ3) is 1.89. The lowest BCUT2D eigenvalue weighted by molar-refractivity contribution is 0.0968. The van der Waals surface area contributed by atoms with Gasteiger partial charge in [0.15, 0.2) is 5.78 Å². The van der Waals surface area contributed by atoms with Crippen LogP contribution in [0, 0.1) is 0 Å². The Morgan fingerprint density at radius 3 is 3.00 bits per heavy atom. The van der Waals surface area contributed by atoms with Crippen LogP contribution in [0.4, 0.5) is 0 Å². The van der Waals surface area contributed by atoms with Crippen molar-refractivity contribution in [3.05, 3.63) is 29.3 Å². The first-order valence-corrected chi connectivity index (χ1v) is 5.52. The Morgan fingerprint density at radius 2 is 2.27 bits per heavy atom. The summed E-state index contributed by atoms with van der Waals surface area (Å²) in [5, 5.41) is 0. The highest BCUT2D eigenvalue weighted by Gasteiger charge is 2.22. The predicted octanol–water partition coefficient (Wildman–Crippen LogP) is 3.17. The monoisotopic (exact) mass is 204 g/mol. The number of hydrogen-bond acceptors (Lipinski definition) is 2. The van der Waals surface area contributed by atoms with Crippen molar-refractivity contribution in [1.82, 2.24) is 0 Å². The average Bonchev–Trinajstić information content (AvgIpc) is 2.24. The maximum absolute atomic E-state index is 11.7. The first-order chi connectivity index (χ1) is 7.22. The van der Waals surface area contributed by atoms with Crippen molar-refractivity contribution in [3.8, 4) is 5.75 Å². The lowest BCUT2D eigenvalue weighted by atomic mass is 9.83. The smallest absolute Gasteiger partial charge is 0.163 e. The first-order valence-electron chi connectivity index (χ1n) is 5.52. The van der Waals surface area contributed by atoms with Gasteiger partial charge in [-0.05, 0) is 43.0 Å². The minimum Gasteiger partial charge on any atom is -0.494 e. The van der Waals surface area contributed by atoms with E-state index in [4.69, 9.17) is 4.74 Å². The van der Waals surface area contributed by atoms with Crippen molar-refractivity contribution in [2.45, 2.75) is 32.6 Å². The maximum atomic E-state index is 11.7. The molecule has 80 valence electrons. The zero-order valence-electron chi connectivity index (χ0n) is 9.25. The fraction of sp³-hybridized carbons (Fsp3) is 0.462. The molecule has 0 saturated heterocycles. The van der Waals surface area contributed by atoms with E-state index in [1.54, 1.807) is 0 Å². The molecule has 1 aromatic carbocycles. The number of carbonyl (C=O) groups is 1. The molecule has 0 radical (unpaired) electrons. The Hall–Kier alpha value is -1.31. The summed E-state index contributed by atoms with van der Waals surface area (Å²) in [4.78, 5) is 11.7. The molecule has 1 aliphatic rings. The number of Topliss-reactive ketones (excluding diaryl/α,β-unsaturated/α-hetero) is 1. The van der Waals surface area contributed by atoms with Crippen molar-refractivity contribution < 1.29 is 9.53 Å². The zero-order chi connectivity index (χ0) is 10.8. The maximum Gasteiger partial charge on any atom is 0.163 e. The van der Waals surface area contributed by atoms with E-state index in [0.717, 1.165) is 23.3 Å². The molecule has 2 heteroatoms. The van der Waals surface area contributed by atoms with E-state index < -0.39 is 0 Å². The van der Waals surface area contributed by atoms with Gasteiger partial charge in [-0.1, -0.05) is 6.92 Å². The molecule has 1 atom stereocenters. The molecular formula is C13H16O2. The summed E-state index contributed by atoms with van der Waals surface area (Å²) in [5.41, 5.74) is 2.04. The third-order valence-corrected chi connectivity index (χ3v) is 2.97. The second-order valence-electron chi connectivity index (χ2n) is 4.04. The summed E-state index contributed by atoms with van der Waals surface area (Å²) in [6, 6.07) is 5.80. The van der Waals surface area contributed by atoms with E-state index in [1.807, 2.05) is 25.1 Å². The lowest BCUT2D eigenvalue weighted by Gasteiger charge is -2.21. The molecule has 1 aliphatic carbocycles. The summed E-state index contributed by atoms with van der Waals surface area (Å²) in [5.74, 6) is 1.61. The van der Waals surface area contributed by atoms with Gasteiger partial charge in [0.25, 0.3) is 0 Å². The summed E-state index contributed by atoms with van der Waals surface area (Å²) in [7, 11) is 0. The van der Waals surface area contributed by atoms with Crippen molar-refractivity contribution >= 4 is 5.78 Å². The second kappa shape index (κ2) is 4.05. The molecule has 0 heterocycles. The number of ether oxygens (including phenoxy) is 1. The van der Waals surface area contributed by atoms with Crippen LogP contribution < -0.4 is 4.74 Å². The van der Waals surface area contributed by atoms with Gasteiger partial charge in [-0.25, -0.2) is 0 Å². The Kier molecular flexibility index (Phi) is 2.76. The Morgan fingerprint density at radius 1 is 1.47 bits per heavy atom. The van der Waals surface area contributed by atoms with E-state index in [-0.39, 0.29) is 5.78 Å². The minimum absolute atomic E-state index is 0.270. The Labute approximate surface area is 90.3 Å². The van der Waals surface area contributed by atoms with Crippen LogP contribution in [0.2, 0.25) is 0 Å². The fourth-order valence-electron chi connectivity index (χ4n) is 2.10. The molecule has 0 amide bonds. The van der Waals surface area contributed by atoms with Crippen LogP contribution in [0.1, 0.15) is 48.5 Å². The number of carbonyl (C=O) groups excluding carboxylic acids is 1.